The molecule has 29 heavy (non-hydrogen) atoms. The molecule has 1 atom stereocenters. The third-order valence-corrected chi connectivity index (χ3v) is 5.28. The van der Waals surface area contributed by atoms with Gasteiger partial charge in [-0.05, 0) is 50.1 Å². The molecule has 0 aromatic heterocycles. The Morgan fingerprint density at radius 3 is 2.76 bits per heavy atom. The third-order valence-electron chi connectivity index (χ3n) is 5.28. The van der Waals surface area contributed by atoms with E-state index in [0.29, 0.717) is 36.5 Å². The SMILES string of the molecule is CCOC(=O)[C@@H]1CCCN(C(=O)c2ccc3c(c2)NC(=O)c2ccccc2N3)C1. The molecule has 0 radical (unpaired) electrons. The monoisotopic (exact) mass is 393 g/mol. The van der Waals surface area contributed by atoms with Gasteiger partial charge in [-0.2, -0.15) is 0 Å². The normalized spacial score (nSPS) is 17.9. The molecule has 2 aromatic rings. The summed E-state index contributed by atoms with van der Waals surface area (Å²) in [6.07, 6.45) is 1.48. The lowest BCUT2D eigenvalue weighted by atomic mass is 9.97. The van der Waals surface area contributed by atoms with Crippen molar-refractivity contribution in [1.82, 2.24) is 4.90 Å². The van der Waals surface area contributed by atoms with Gasteiger partial charge in [-0.25, -0.2) is 0 Å². The molecule has 2 N–H and O–H groups in total. The molecule has 2 aliphatic rings. The number of nitrogens with one attached hydrogen (secondary N) is 2. The number of benzene rings is 2. The summed E-state index contributed by atoms with van der Waals surface area (Å²) in [5, 5.41) is 6.12. The van der Waals surface area contributed by atoms with Gasteiger partial charge in [0.15, 0.2) is 0 Å². The number of hydrogen-bond acceptors (Lipinski definition) is 5. The summed E-state index contributed by atoms with van der Waals surface area (Å²) in [4.78, 5) is 39.3. The van der Waals surface area contributed by atoms with E-state index in [0.717, 1.165) is 24.2 Å². The number of fused-ring (bicyclic) bond motifs is 2. The largest absolute Gasteiger partial charge is 0.466 e. The summed E-state index contributed by atoms with van der Waals surface area (Å²) in [6, 6.07) is 12.5. The minimum atomic E-state index is -0.288. The number of carbonyl (C=O) groups excluding carboxylic acids is 3. The lowest BCUT2D eigenvalue weighted by molar-refractivity contribution is -0.149. The molecule has 2 aliphatic heterocycles. The minimum Gasteiger partial charge on any atom is -0.466 e. The zero-order valence-corrected chi connectivity index (χ0v) is 16.2. The van der Waals surface area contributed by atoms with Crippen LogP contribution < -0.4 is 10.6 Å². The maximum Gasteiger partial charge on any atom is 0.310 e. The second-order valence-electron chi connectivity index (χ2n) is 7.23. The molecular formula is C22H23N3O4. The number of rotatable bonds is 3. The number of para-hydroxylation sites is 1. The summed E-state index contributed by atoms with van der Waals surface area (Å²) < 4.78 is 5.11. The van der Waals surface area contributed by atoms with Gasteiger partial charge in [0.1, 0.15) is 0 Å². The molecule has 2 heterocycles. The summed E-state index contributed by atoms with van der Waals surface area (Å²) in [5.41, 5.74) is 3.02. The zero-order chi connectivity index (χ0) is 20.4. The summed E-state index contributed by atoms with van der Waals surface area (Å²) in [6.45, 7) is 3.07. The number of likely N-dealkylation sites (tertiary alicyclic amines) is 1. The van der Waals surface area contributed by atoms with E-state index in [9.17, 15) is 14.4 Å². The summed E-state index contributed by atoms with van der Waals surface area (Å²) in [7, 11) is 0. The van der Waals surface area contributed by atoms with E-state index in [2.05, 4.69) is 10.6 Å². The Balaban J connectivity index is 1.55. The second-order valence-corrected chi connectivity index (χ2v) is 7.23. The highest BCUT2D eigenvalue weighted by molar-refractivity contribution is 6.12. The first kappa shape index (κ1) is 19.0. The number of piperidine rings is 1. The van der Waals surface area contributed by atoms with Crippen molar-refractivity contribution in [2.75, 3.05) is 30.3 Å². The quantitative estimate of drug-likeness (QED) is 0.781. The highest BCUT2D eigenvalue weighted by atomic mass is 16.5. The van der Waals surface area contributed by atoms with E-state index < -0.39 is 0 Å². The first-order valence-corrected chi connectivity index (χ1v) is 9.84. The van der Waals surface area contributed by atoms with Crippen LogP contribution in [0.2, 0.25) is 0 Å². The first-order chi connectivity index (χ1) is 14.1. The van der Waals surface area contributed by atoms with Crippen molar-refractivity contribution in [1.29, 1.82) is 0 Å². The standard InChI is InChI=1S/C22H23N3O4/c1-2-29-22(28)15-6-5-11-25(13-15)21(27)14-9-10-18-19(12-14)24-20(26)16-7-3-4-8-17(16)23-18/h3-4,7-10,12,15,23H,2,5-6,11,13H2,1H3,(H,24,26)/t15-/m1/s1. The van der Waals surface area contributed by atoms with Crippen molar-refractivity contribution in [2.45, 2.75) is 19.8 Å². The highest BCUT2D eigenvalue weighted by Gasteiger charge is 2.30. The lowest BCUT2D eigenvalue weighted by Gasteiger charge is -2.31. The molecule has 0 bridgehead atoms. The molecule has 0 spiro atoms. The number of carbonyl (C=O) groups is 3. The first-order valence-electron chi connectivity index (χ1n) is 9.84. The van der Waals surface area contributed by atoms with Crippen LogP contribution in [0.15, 0.2) is 42.5 Å². The molecule has 1 fully saturated rings. The smallest absolute Gasteiger partial charge is 0.310 e. The van der Waals surface area contributed by atoms with E-state index in [-0.39, 0.29) is 23.7 Å². The van der Waals surface area contributed by atoms with E-state index >= 15 is 0 Å². The minimum absolute atomic E-state index is 0.155. The summed E-state index contributed by atoms with van der Waals surface area (Å²) in [5.74, 6) is -0.917. The van der Waals surface area contributed by atoms with Gasteiger partial charge in [0.05, 0.1) is 35.2 Å². The van der Waals surface area contributed by atoms with Crippen LogP contribution in [-0.4, -0.2) is 42.4 Å². The molecule has 7 heteroatoms. The van der Waals surface area contributed by atoms with Crippen molar-refractivity contribution >= 4 is 34.8 Å². The fourth-order valence-electron chi connectivity index (χ4n) is 3.81. The van der Waals surface area contributed by atoms with E-state index in [1.807, 2.05) is 12.1 Å². The van der Waals surface area contributed by atoms with Gasteiger partial charge in [-0.3, -0.25) is 14.4 Å². The lowest BCUT2D eigenvalue weighted by Crippen LogP contribution is -2.42. The number of anilines is 3. The number of hydrogen-bond donors (Lipinski definition) is 2. The van der Waals surface area contributed by atoms with Gasteiger partial charge in [-0.1, -0.05) is 12.1 Å². The number of amides is 2. The molecule has 150 valence electrons. The van der Waals surface area contributed by atoms with Crippen LogP contribution in [0.5, 0.6) is 0 Å². The Morgan fingerprint density at radius 1 is 1.10 bits per heavy atom. The third kappa shape index (κ3) is 3.81. The Morgan fingerprint density at radius 2 is 1.93 bits per heavy atom. The molecule has 0 unspecified atom stereocenters. The van der Waals surface area contributed by atoms with Crippen LogP contribution in [0.1, 0.15) is 40.5 Å². The number of esters is 1. The maximum absolute atomic E-state index is 13.0. The highest BCUT2D eigenvalue weighted by Crippen LogP contribution is 2.33. The van der Waals surface area contributed by atoms with E-state index in [1.54, 1.807) is 42.2 Å². The zero-order valence-electron chi connectivity index (χ0n) is 16.2. The molecule has 4 rings (SSSR count). The average molecular weight is 393 g/mol. The van der Waals surface area contributed by atoms with Crippen LogP contribution in [0, 0.1) is 5.92 Å². The predicted molar refractivity (Wildman–Crippen MR) is 109 cm³/mol. The van der Waals surface area contributed by atoms with Crippen molar-refractivity contribution < 1.29 is 19.1 Å². The van der Waals surface area contributed by atoms with Crippen LogP contribution in [0.3, 0.4) is 0 Å². The van der Waals surface area contributed by atoms with E-state index in [1.165, 1.54) is 0 Å². The van der Waals surface area contributed by atoms with Gasteiger partial charge >= 0.3 is 5.97 Å². The van der Waals surface area contributed by atoms with Gasteiger partial charge in [0.25, 0.3) is 11.8 Å². The van der Waals surface area contributed by atoms with Gasteiger partial charge in [-0.15, -0.1) is 0 Å². The fraction of sp³-hybridized carbons (Fsp3) is 0.318. The van der Waals surface area contributed by atoms with E-state index in [4.69, 9.17) is 4.74 Å². The molecule has 7 nitrogen and oxygen atoms in total. The Kier molecular flexibility index (Phi) is 5.20. The second kappa shape index (κ2) is 7.95. The Hall–Kier alpha value is -3.35. The number of nitrogens with zero attached hydrogens (tertiary/aromatic N) is 1. The molecular weight excluding hydrogens is 370 g/mol. The molecule has 0 saturated carbocycles. The van der Waals surface area contributed by atoms with Crippen molar-refractivity contribution in [3.63, 3.8) is 0 Å². The summed E-state index contributed by atoms with van der Waals surface area (Å²) >= 11 is 0. The van der Waals surface area contributed by atoms with Gasteiger partial charge in [0, 0.05) is 18.7 Å². The van der Waals surface area contributed by atoms with Crippen LogP contribution in [0.4, 0.5) is 17.1 Å². The van der Waals surface area contributed by atoms with Crippen LogP contribution >= 0.6 is 0 Å². The number of ether oxygens (including phenoxy) is 1. The van der Waals surface area contributed by atoms with Crippen molar-refractivity contribution in [3.05, 3.63) is 53.6 Å². The topological polar surface area (TPSA) is 87.7 Å². The van der Waals surface area contributed by atoms with Crippen LogP contribution in [-0.2, 0) is 9.53 Å². The molecule has 2 aromatic carbocycles. The van der Waals surface area contributed by atoms with Gasteiger partial charge in [0.2, 0.25) is 0 Å². The predicted octanol–water partition coefficient (Wildman–Crippen LogP) is 3.41. The maximum atomic E-state index is 13.0. The fourth-order valence-corrected chi connectivity index (χ4v) is 3.81. The molecule has 1 saturated heterocycles. The molecule has 0 aliphatic carbocycles. The van der Waals surface area contributed by atoms with Crippen molar-refractivity contribution in [3.8, 4) is 0 Å². The Labute approximate surface area is 169 Å². The average Bonchev–Trinajstić information content (AvgIpc) is 2.88. The Bertz CT molecular complexity index is 972. The van der Waals surface area contributed by atoms with Crippen molar-refractivity contribution in [2.24, 2.45) is 5.92 Å². The van der Waals surface area contributed by atoms with Gasteiger partial charge < -0.3 is 20.3 Å². The molecule has 2 amide bonds. The van der Waals surface area contributed by atoms with Crippen LogP contribution in [0.25, 0.3) is 0 Å².